The van der Waals surface area contributed by atoms with Crippen molar-refractivity contribution in [2.75, 3.05) is 6.54 Å². The summed E-state index contributed by atoms with van der Waals surface area (Å²) in [4.78, 5) is 15.0. The molecule has 1 aliphatic rings. The van der Waals surface area contributed by atoms with Gasteiger partial charge >= 0.3 is 12.1 Å². The van der Waals surface area contributed by atoms with Crippen LogP contribution in [0.4, 0.5) is 13.2 Å². The van der Waals surface area contributed by atoms with Crippen molar-refractivity contribution in [1.29, 1.82) is 0 Å². The molecule has 1 aliphatic heterocycles. The molecular weight excluding hydrogens is 281 g/mol. The molecule has 0 amide bonds. The SMILES string of the molecule is CCc1nc2c(s1)[C@@H](C)NCC2.O=C(O)C(F)(F)F. The summed E-state index contributed by atoms with van der Waals surface area (Å²) in [5, 5.41) is 11.9. The van der Waals surface area contributed by atoms with Crippen LogP contribution in [-0.2, 0) is 17.6 Å². The monoisotopic (exact) mass is 296 g/mol. The summed E-state index contributed by atoms with van der Waals surface area (Å²) in [7, 11) is 0. The van der Waals surface area contributed by atoms with Crippen LogP contribution in [0.15, 0.2) is 0 Å². The minimum absolute atomic E-state index is 0.520. The lowest BCUT2D eigenvalue weighted by Crippen LogP contribution is -2.26. The zero-order valence-corrected chi connectivity index (χ0v) is 11.4. The lowest BCUT2D eigenvalue weighted by atomic mass is 10.1. The molecule has 2 heterocycles. The Morgan fingerprint density at radius 3 is 2.58 bits per heavy atom. The number of nitrogens with zero attached hydrogens (tertiary/aromatic N) is 1. The summed E-state index contributed by atoms with van der Waals surface area (Å²) < 4.78 is 31.7. The topological polar surface area (TPSA) is 62.2 Å². The van der Waals surface area contributed by atoms with E-state index in [4.69, 9.17) is 9.90 Å². The van der Waals surface area contributed by atoms with Gasteiger partial charge in [0.15, 0.2) is 0 Å². The third-order valence-corrected chi connectivity index (χ3v) is 3.95. The van der Waals surface area contributed by atoms with Gasteiger partial charge in [0.1, 0.15) is 0 Å². The van der Waals surface area contributed by atoms with Gasteiger partial charge in [0.05, 0.1) is 10.7 Å². The van der Waals surface area contributed by atoms with Gasteiger partial charge in [-0.1, -0.05) is 6.92 Å². The van der Waals surface area contributed by atoms with Crippen molar-refractivity contribution in [3.05, 3.63) is 15.6 Å². The summed E-state index contributed by atoms with van der Waals surface area (Å²) in [6, 6.07) is 0.520. The highest BCUT2D eigenvalue weighted by molar-refractivity contribution is 7.11. The number of carbonyl (C=O) groups is 1. The average Bonchev–Trinajstić information content (AvgIpc) is 2.73. The summed E-state index contributed by atoms with van der Waals surface area (Å²) in [5.74, 6) is -2.76. The van der Waals surface area contributed by atoms with Gasteiger partial charge in [0.25, 0.3) is 0 Å². The highest BCUT2D eigenvalue weighted by Crippen LogP contribution is 2.28. The van der Waals surface area contributed by atoms with Gasteiger partial charge < -0.3 is 10.4 Å². The molecule has 4 nitrogen and oxygen atoms in total. The Morgan fingerprint density at radius 2 is 2.16 bits per heavy atom. The third-order valence-electron chi connectivity index (χ3n) is 2.52. The van der Waals surface area contributed by atoms with E-state index >= 15 is 0 Å². The number of aliphatic carboxylic acids is 1. The highest BCUT2D eigenvalue weighted by Gasteiger charge is 2.38. The largest absolute Gasteiger partial charge is 0.490 e. The number of hydrogen-bond donors (Lipinski definition) is 2. The molecule has 0 radical (unpaired) electrons. The third kappa shape index (κ3) is 4.46. The molecule has 1 aromatic heterocycles. The first-order valence-electron chi connectivity index (χ1n) is 5.77. The minimum Gasteiger partial charge on any atom is -0.475 e. The van der Waals surface area contributed by atoms with Crippen molar-refractivity contribution >= 4 is 17.3 Å². The van der Waals surface area contributed by atoms with Crippen molar-refractivity contribution < 1.29 is 23.1 Å². The second-order valence-electron chi connectivity index (χ2n) is 4.00. The number of rotatable bonds is 1. The van der Waals surface area contributed by atoms with Crippen LogP contribution < -0.4 is 5.32 Å². The number of alkyl halides is 3. The molecule has 0 saturated carbocycles. The molecule has 8 heteroatoms. The Labute approximate surface area is 112 Å². The van der Waals surface area contributed by atoms with Gasteiger partial charge in [0, 0.05) is 23.9 Å². The molecule has 19 heavy (non-hydrogen) atoms. The Bertz CT molecular complexity index is 446. The maximum atomic E-state index is 10.6. The van der Waals surface area contributed by atoms with E-state index in [1.165, 1.54) is 15.6 Å². The number of carboxylic acids is 1. The van der Waals surface area contributed by atoms with E-state index in [0.29, 0.717) is 6.04 Å². The number of nitrogens with one attached hydrogen (secondary N) is 1. The van der Waals surface area contributed by atoms with Crippen LogP contribution in [0.1, 0.15) is 35.5 Å². The van der Waals surface area contributed by atoms with Gasteiger partial charge in [-0.15, -0.1) is 11.3 Å². The van der Waals surface area contributed by atoms with Gasteiger partial charge in [-0.2, -0.15) is 13.2 Å². The number of aryl methyl sites for hydroxylation is 1. The van der Waals surface area contributed by atoms with E-state index in [0.717, 1.165) is 19.4 Å². The fraction of sp³-hybridized carbons (Fsp3) is 0.636. The van der Waals surface area contributed by atoms with E-state index in [9.17, 15) is 13.2 Å². The van der Waals surface area contributed by atoms with Crippen molar-refractivity contribution in [2.24, 2.45) is 0 Å². The first kappa shape index (κ1) is 15.9. The van der Waals surface area contributed by atoms with Crippen molar-refractivity contribution in [3.63, 3.8) is 0 Å². The molecule has 1 atom stereocenters. The molecule has 0 aliphatic carbocycles. The van der Waals surface area contributed by atoms with Crippen molar-refractivity contribution in [1.82, 2.24) is 10.3 Å². The molecule has 0 spiro atoms. The van der Waals surface area contributed by atoms with Crippen molar-refractivity contribution in [2.45, 2.75) is 38.9 Å². The van der Waals surface area contributed by atoms with E-state index in [2.05, 4.69) is 24.1 Å². The molecule has 2 rings (SSSR count). The molecule has 2 N–H and O–H groups in total. The number of fused-ring (bicyclic) bond motifs is 1. The van der Waals surface area contributed by atoms with Crippen LogP contribution in [0.3, 0.4) is 0 Å². The van der Waals surface area contributed by atoms with Gasteiger partial charge in [-0.05, 0) is 13.3 Å². The number of halogens is 3. The molecular formula is C11H15F3N2O2S. The first-order valence-corrected chi connectivity index (χ1v) is 6.59. The summed E-state index contributed by atoms with van der Waals surface area (Å²) >= 11 is 1.87. The predicted octanol–water partition coefficient (Wildman–Crippen LogP) is 2.55. The normalized spacial score (nSPS) is 18.3. The first-order chi connectivity index (χ1) is 8.75. The summed E-state index contributed by atoms with van der Waals surface area (Å²) in [6.07, 6.45) is -2.90. The van der Waals surface area contributed by atoms with Gasteiger partial charge in [0.2, 0.25) is 0 Å². The Morgan fingerprint density at radius 1 is 1.58 bits per heavy atom. The molecule has 108 valence electrons. The fourth-order valence-corrected chi connectivity index (χ4v) is 2.66. The fourth-order valence-electron chi connectivity index (χ4n) is 1.58. The lowest BCUT2D eigenvalue weighted by molar-refractivity contribution is -0.192. The van der Waals surface area contributed by atoms with E-state index in [1.54, 1.807) is 0 Å². The second kappa shape index (κ2) is 6.33. The van der Waals surface area contributed by atoms with Crippen LogP contribution in [0, 0.1) is 0 Å². The van der Waals surface area contributed by atoms with Crippen LogP contribution in [0.25, 0.3) is 0 Å². The number of thiazole rings is 1. The average molecular weight is 296 g/mol. The standard InChI is InChI=1S/C9H14N2S.C2HF3O2/c1-3-8-11-7-4-5-10-6(2)9(7)12-8;3-2(4,5)1(6)7/h6,10H,3-5H2,1-2H3;(H,6,7)/t6-;/m1./s1. The predicted molar refractivity (Wildman–Crippen MR) is 65.3 cm³/mol. The molecule has 1 aromatic rings. The maximum Gasteiger partial charge on any atom is 0.490 e. The zero-order chi connectivity index (χ0) is 14.6. The number of hydrogen-bond acceptors (Lipinski definition) is 4. The number of carboxylic acid groups (broad SMARTS) is 1. The van der Waals surface area contributed by atoms with Crippen LogP contribution >= 0.6 is 11.3 Å². The van der Waals surface area contributed by atoms with Crippen LogP contribution in [0.5, 0.6) is 0 Å². The second-order valence-corrected chi connectivity index (χ2v) is 5.12. The smallest absolute Gasteiger partial charge is 0.475 e. The molecule has 0 fully saturated rings. The van der Waals surface area contributed by atoms with Crippen molar-refractivity contribution in [3.8, 4) is 0 Å². The quantitative estimate of drug-likeness (QED) is 0.836. The van der Waals surface area contributed by atoms with Crippen LogP contribution in [-0.4, -0.2) is 28.8 Å². The highest BCUT2D eigenvalue weighted by atomic mass is 32.1. The number of aromatic nitrogens is 1. The minimum atomic E-state index is -5.08. The van der Waals surface area contributed by atoms with Gasteiger partial charge in [-0.25, -0.2) is 9.78 Å². The maximum absolute atomic E-state index is 10.6. The lowest BCUT2D eigenvalue weighted by Gasteiger charge is -2.18. The van der Waals surface area contributed by atoms with E-state index < -0.39 is 12.1 Å². The summed E-state index contributed by atoms with van der Waals surface area (Å²) in [5.41, 5.74) is 1.34. The Hall–Kier alpha value is -1.15. The Kier molecular flexibility index (Phi) is 5.30. The molecule has 0 aromatic carbocycles. The molecule has 0 bridgehead atoms. The Balaban J connectivity index is 0.000000224. The summed E-state index contributed by atoms with van der Waals surface area (Å²) in [6.45, 7) is 5.47. The zero-order valence-electron chi connectivity index (χ0n) is 10.5. The van der Waals surface area contributed by atoms with E-state index in [-0.39, 0.29) is 0 Å². The van der Waals surface area contributed by atoms with E-state index in [1.807, 2.05) is 11.3 Å². The van der Waals surface area contributed by atoms with Gasteiger partial charge in [-0.3, -0.25) is 0 Å². The molecule has 0 unspecified atom stereocenters. The van der Waals surface area contributed by atoms with Crippen LogP contribution in [0.2, 0.25) is 0 Å². The molecule has 0 saturated heterocycles.